The Balaban J connectivity index is 2.46. The van der Waals surface area contributed by atoms with Crippen molar-refractivity contribution in [3.05, 3.63) is 41.6 Å². The number of nitrogens with zero attached hydrogens (tertiary/aromatic N) is 2. The smallest absolute Gasteiger partial charge is 0.313 e. The number of rotatable bonds is 4. The van der Waals surface area contributed by atoms with Gasteiger partial charge >= 0.3 is 5.97 Å². The minimum Gasteiger partial charge on any atom is -0.481 e. The Morgan fingerprint density at radius 1 is 1.33 bits per heavy atom. The van der Waals surface area contributed by atoms with Crippen LogP contribution < -0.4 is 0 Å². The zero-order chi connectivity index (χ0) is 15.6. The van der Waals surface area contributed by atoms with Crippen molar-refractivity contribution in [2.45, 2.75) is 38.1 Å². The molecule has 21 heavy (non-hydrogen) atoms. The minimum absolute atomic E-state index is 0.0289. The average molecular weight is 304 g/mol. The molecule has 4 nitrogen and oxygen atoms in total. The molecule has 2 aromatic rings. The van der Waals surface area contributed by atoms with E-state index in [0.717, 1.165) is 22.0 Å². The zero-order valence-corrected chi connectivity index (χ0v) is 13.6. The summed E-state index contributed by atoms with van der Waals surface area (Å²) in [6.45, 7) is 8.33. The predicted molar refractivity (Wildman–Crippen MR) is 85.4 cm³/mol. The third-order valence-corrected chi connectivity index (χ3v) is 4.01. The summed E-state index contributed by atoms with van der Waals surface area (Å²) in [5.74, 6) is -0.796. The van der Waals surface area contributed by atoms with Gasteiger partial charge in [-0.25, -0.2) is 4.68 Å². The molecule has 0 unspecified atom stereocenters. The number of carboxylic acids is 1. The van der Waals surface area contributed by atoms with Gasteiger partial charge in [-0.3, -0.25) is 4.79 Å². The molecular weight excluding hydrogens is 284 g/mol. The van der Waals surface area contributed by atoms with Crippen LogP contribution in [0.3, 0.4) is 0 Å². The SMILES string of the molecule is Cc1cccc(-n2nc(C(C)(C)C)cc2SCC(=O)O)c1. The van der Waals surface area contributed by atoms with Gasteiger partial charge < -0.3 is 5.11 Å². The van der Waals surface area contributed by atoms with E-state index in [2.05, 4.69) is 25.9 Å². The Bertz CT molecular complexity index is 657. The van der Waals surface area contributed by atoms with Crippen LogP contribution in [0.15, 0.2) is 35.4 Å². The molecule has 0 aliphatic heterocycles. The maximum atomic E-state index is 10.8. The number of hydrogen-bond donors (Lipinski definition) is 1. The Hall–Kier alpha value is -1.75. The van der Waals surface area contributed by atoms with Gasteiger partial charge in [0.2, 0.25) is 0 Å². The average Bonchev–Trinajstić information content (AvgIpc) is 2.80. The van der Waals surface area contributed by atoms with Crippen LogP contribution in [0, 0.1) is 6.92 Å². The molecule has 1 N–H and O–H groups in total. The van der Waals surface area contributed by atoms with Crippen LogP contribution in [0.25, 0.3) is 5.69 Å². The van der Waals surface area contributed by atoms with E-state index in [1.54, 1.807) is 0 Å². The van der Waals surface area contributed by atoms with E-state index in [0.29, 0.717) is 0 Å². The summed E-state index contributed by atoms with van der Waals surface area (Å²) in [6, 6.07) is 10.0. The molecule has 0 bridgehead atoms. The van der Waals surface area contributed by atoms with Crippen molar-refractivity contribution in [2.75, 3.05) is 5.75 Å². The number of aryl methyl sites for hydroxylation is 1. The molecule has 112 valence electrons. The molecule has 1 aromatic carbocycles. The molecule has 0 aliphatic carbocycles. The largest absolute Gasteiger partial charge is 0.481 e. The number of hydrogen-bond acceptors (Lipinski definition) is 3. The molecule has 0 aliphatic rings. The fourth-order valence-electron chi connectivity index (χ4n) is 1.91. The van der Waals surface area contributed by atoms with E-state index >= 15 is 0 Å². The van der Waals surface area contributed by atoms with Crippen molar-refractivity contribution in [1.82, 2.24) is 9.78 Å². The van der Waals surface area contributed by atoms with Gasteiger partial charge in [-0.1, -0.05) is 44.7 Å². The topological polar surface area (TPSA) is 55.1 Å². The summed E-state index contributed by atoms with van der Waals surface area (Å²) >= 11 is 1.29. The summed E-state index contributed by atoms with van der Waals surface area (Å²) in [4.78, 5) is 10.8. The predicted octanol–water partition coefficient (Wildman–Crippen LogP) is 3.65. The molecule has 1 heterocycles. The quantitative estimate of drug-likeness (QED) is 0.876. The highest BCUT2D eigenvalue weighted by Gasteiger charge is 2.21. The van der Waals surface area contributed by atoms with Gasteiger partial charge in [-0.05, 0) is 30.7 Å². The number of thioether (sulfide) groups is 1. The van der Waals surface area contributed by atoms with Gasteiger partial charge in [0.15, 0.2) is 0 Å². The molecule has 0 fully saturated rings. The van der Waals surface area contributed by atoms with Crippen molar-refractivity contribution >= 4 is 17.7 Å². The number of aromatic nitrogens is 2. The van der Waals surface area contributed by atoms with E-state index in [9.17, 15) is 4.79 Å². The lowest BCUT2D eigenvalue weighted by Gasteiger charge is -2.14. The van der Waals surface area contributed by atoms with E-state index < -0.39 is 5.97 Å². The summed E-state index contributed by atoms with van der Waals surface area (Å²) in [7, 11) is 0. The fourth-order valence-corrected chi connectivity index (χ4v) is 2.65. The lowest BCUT2D eigenvalue weighted by molar-refractivity contribution is -0.133. The van der Waals surface area contributed by atoms with Crippen LogP contribution in [-0.2, 0) is 10.2 Å². The van der Waals surface area contributed by atoms with E-state index in [-0.39, 0.29) is 11.2 Å². The first-order valence-corrected chi connectivity index (χ1v) is 7.78. The normalized spacial score (nSPS) is 11.6. The Morgan fingerprint density at radius 2 is 2.05 bits per heavy atom. The second-order valence-corrected chi connectivity index (χ2v) is 7.05. The van der Waals surface area contributed by atoms with Crippen LogP contribution in [0.5, 0.6) is 0 Å². The third-order valence-electron chi connectivity index (χ3n) is 3.03. The van der Waals surface area contributed by atoms with Crippen LogP contribution in [0.4, 0.5) is 0 Å². The molecule has 2 rings (SSSR count). The number of aliphatic carboxylic acids is 1. The molecule has 0 saturated carbocycles. The third kappa shape index (κ3) is 3.88. The second kappa shape index (κ2) is 5.93. The molecule has 0 spiro atoms. The van der Waals surface area contributed by atoms with E-state index in [1.807, 2.05) is 41.9 Å². The highest BCUT2D eigenvalue weighted by molar-refractivity contribution is 7.99. The fraction of sp³-hybridized carbons (Fsp3) is 0.375. The van der Waals surface area contributed by atoms with Gasteiger partial charge in [0, 0.05) is 5.41 Å². The zero-order valence-electron chi connectivity index (χ0n) is 12.8. The van der Waals surface area contributed by atoms with Crippen molar-refractivity contribution < 1.29 is 9.90 Å². The first-order chi connectivity index (χ1) is 9.77. The minimum atomic E-state index is -0.825. The highest BCUT2D eigenvalue weighted by atomic mass is 32.2. The first kappa shape index (κ1) is 15.6. The Labute approximate surface area is 129 Å². The molecule has 0 radical (unpaired) electrons. The number of benzene rings is 1. The Morgan fingerprint density at radius 3 is 2.62 bits per heavy atom. The second-order valence-electron chi connectivity index (χ2n) is 6.05. The summed E-state index contributed by atoms with van der Waals surface area (Å²) < 4.78 is 1.83. The van der Waals surface area contributed by atoms with Crippen molar-refractivity contribution in [3.63, 3.8) is 0 Å². The van der Waals surface area contributed by atoms with Crippen LogP contribution in [0.1, 0.15) is 32.0 Å². The molecule has 0 atom stereocenters. The van der Waals surface area contributed by atoms with E-state index in [1.165, 1.54) is 11.8 Å². The van der Waals surface area contributed by atoms with Gasteiger partial charge in [0.25, 0.3) is 0 Å². The van der Waals surface area contributed by atoms with Crippen molar-refractivity contribution in [2.24, 2.45) is 0 Å². The standard InChI is InChI=1S/C16H20N2O2S/c1-11-6-5-7-12(8-11)18-14(21-10-15(19)20)9-13(17-18)16(2,3)4/h5-9H,10H2,1-4H3,(H,19,20). The highest BCUT2D eigenvalue weighted by Crippen LogP contribution is 2.29. The summed E-state index contributed by atoms with van der Waals surface area (Å²) in [5, 5.41) is 14.4. The van der Waals surface area contributed by atoms with Crippen molar-refractivity contribution in [3.8, 4) is 5.69 Å². The maximum absolute atomic E-state index is 10.8. The van der Waals surface area contributed by atoms with Gasteiger partial charge in [0.05, 0.1) is 17.1 Å². The first-order valence-electron chi connectivity index (χ1n) is 6.79. The van der Waals surface area contributed by atoms with Crippen LogP contribution >= 0.6 is 11.8 Å². The molecule has 5 heteroatoms. The summed E-state index contributed by atoms with van der Waals surface area (Å²) in [6.07, 6.45) is 0. The Kier molecular flexibility index (Phi) is 4.42. The molecule has 0 amide bonds. The molecule has 1 aromatic heterocycles. The van der Waals surface area contributed by atoms with Gasteiger partial charge in [-0.2, -0.15) is 5.10 Å². The maximum Gasteiger partial charge on any atom is 0.313 e. The van der Waals surface area contributed by atoms with E-state index in [4.69, 9.17) is 5.11 Å². The van der Waals surface area contributed by atoms with Crippen LogP contribution in [0.2, 0.25) is 0 Å². The van der Waals surface area contributed by atoms with Gasteiger partial charge in [0.1, 0.15) is 5.03 Å². The number of carboxylic acid groups (broad SMARTS) is 1. The van der Waals surface area contributed by atoms with Crippen LogP contribution in [-0.4, -0.2) is 26.6 Å². The lowest BCUT2D eigenvalue weighted by Crippen LogP contribution is -2.12. The van der Waals surface area contributed by atoms with Crippen molar-refractivity contribution in [1.29, 1.82) is 0 Å². The summed E-state index contributed by atoms with van der Waals surface area (Å²) in [5.41, 5.74) is 2.98. The molecular formula is C16H20N2O2S. The monoisotopic (exact) mass is 304 g/mol. The molecule has 0 saturated heterocycles. The van der Waals surface area contributed by atoms with Gasteiger partial charge in [-0.15, -0.1) is 0 Å². The lowest BCUT2D eigenvalue weighted by atomic mass is 9.93. The number of carbonyl (C=O) groups is 1.